The van der Waals surface area contributed by atoms with Crippen LogP contribution in [0.1, 0.15) is 12.5 Å². The minimum Gasteiger partial charge on any atom is -0.355 e. The van der Waals surface area contributed by atoms with E-state index in [2.05, 4.69) is 40.3 Å². The van der Waals surface area contributed by atoms with Crippen LogP contribution in [0.25, 0.3) is 10.1 Å². The highest BCUT2D eigenvalue weighted by Crippen LogP contribution is 2.25. The molecule has 0 fully saturated rings. The van der Waals surface area contributed by atoms with Crippen LogP contribution in [0.15, 0.2) is 29.6 Å². The third kappa shape index (κ3) is 3.55. The first-order chi connectivity index (χ1) is 9.22. The molecule has 0 bridgehead atoms. The Balaban J connectivity index is 1.87. The Bertz CT molecular complexity index is 550. The standard InChI is InChI=1S/C15H20N2OS/c1-11(9-16-2)15(18)17-8-7-12-10-19-14-6-4-3-5-13(12)14/h3-6,10-11,16H,7-9H2,1-2H3,(H,17,18). The highest BCUT2D eigenvalue weighted by molar-refractivity contribution is 7.17. The fourth-order valence-corrected chi connectivity index (χ4v) is 3.12. The van der Waals surface area contributed by atoms with Crippen LogP contribution in [0.5, 0.6) is 0 Å². The summed E-state index contributed by atoms with van der Waals surface area (Å²) in [4.78, 5) is 11.8. The fraction of sp³-hybridized carbons (Fsp3) is 0.400. The Morgan fingerprint density at radius 3 is 2.95 bits per heavy atom. The van der Waals surface area contributed by atoms with Gasteiger partial charge in [0.1, 0.15) is 0 Å². The smallest absolute Gasteiger partial charge is 0.224 e. The molecule has 0 aliphatic heterocycles. The van der Waals surface area contributed by atoms with E-state index in [0.29, 0.717) is 13.1 Å². The Labute approximate surface area is 118 Å². The van der Waals surface area contributed by atoms with Crippen molar-refractivity contribution >= 4 is 27.3 Å². The van der Waals surface area contributed by atoms with Gasteiger partial charge in [0.25, 0.3) is 0 Å². The van der Waals surface area contributed by atoms with Crippen molar-refractivity contribution in [3.63, 3.8) is 0 Å². The number of nitrogens with one attached hydrogen (secondary N) is 2. The zero-order valence-corrected chi connectivity index (χ0v) is 12.2. The van der Waals surface area contributed by atoms with Crippen LogP contribution < -0.4 is 10.6 Å². The van der Waals surface area contributed by atoms with Crippen molar-refractivity contribution in [2.75, 3.05) is 20.1 Å². The van der Waals surface area contributed by atoms with Gasteiger partial charge < -0.3 is 10.6 Å². The average Bonchev–Trinajstić information content (AvgIpc) is 2.82. The number of carbonyl (C=O) groups is 1. The summed E-state index contributed by atoms with van der Waals surface area (Å²) in [6, 6.07) is 8.40. The van der Waals surface area contributed by atoms with Crippen molar-refractivity contribution in [3.8, 4) is 0 Å². The molecular weight excluding hydrogens is 256 g/mol. The predicted octanol–water partition coefficient (Wildman–Crippen LogP) is 2.42. The van der Waals surface area contributed by atoms with Gasteiger partial charge in [-0.1, -0.05) is 25.1 Å². The molecule has 0 radical (unpaired) electrons. The number of amides is 1. The van der Waals surface area contributed by atoms with E-state index in [0.717, 1.165) is 6.42 Å². The molecular formula is C15H20N2OS. The summed E-state index contributed by atoms with van der Waals surface area (Å²) in [6.45, 7) is 3.35. The molecule has 1 aromatic carbocycles. The van der Waals surface area contributed by atoms with E-state index in [4.69, 9.17) is 0 Å². The molecule has 0 aliphatic carbocycles. The molecule has 3 nitrogen and oxygen atoms in total. The van der Waals surface area contributed by atoms with Crippen LogP contribution in [0.4, 0.5) is 0 Å². The molecule has 19 heavy (non-hydrogen) atoms. The topological polar surface area (TPSA) is 41.1 Å². The van der Waals surface area contributed by atoms with Gasteiger partial charge in [-0.05, 0) is 35.9 Å². The predicted molar refractivity (Wildman–Crippen MR) is 81.6 cm³/mol. The van der Waals surface area contributed by atoms with E-state index < -0.39 is 0 Å². The molecule has 2 aromatic rings. The molecule has 1 aromatic heterocycles. The van der Waals surface area contributed by atoms with Gasteiger partial charge in [0.2, 0.25) is 5.91 Å². The summed E-state index contributed by atoms with van der Waals surface area (Å²) in [5, 5.41) is 9.51. The Kier molecular flexibility index (Phi) is 4.93. The largest absolute Gasteiger partial charge is 0.355 e. The van der Waals surface area contributed by atoms with Crippen molar-refractivity contribution in [1.29, 1.82) is 0 Å². The van der Waals surface area contributed by atoms with Crippen molar-refractivity contribution in [3.05, 3.63) is 35.2 Å². The molecule has 1 unspecified atom stereocenters. The number of benzene rings is 1. The Hall–Kier alpha value is -1.39. The number of hydrogen-bond donors (Lipinski definition) is 2. The van der Waals surface area contributed by atoms with Crippen LogP contribution in [0.2, 0.25) is 0 Å². The molecule has 1 heterocycles. The van der Waals surface area contributed by atoms with E-state index in [1.54, 1.807) is 11.3 Å². The normalized spacial score (nSPS) is 12.5. The van der Waals surface area contributed by atoms with E-state index in [1.165, 1.54) is 15.6 Å². The number of thiophene rings is 1. The van der Waals surface area contributed by atoms with Crippen LogP contribution in [-0.2, 0) is 11.2 Å². The van der Waals surface area contributed by atoms with Gasteiger partial charge in [-0.3, -0.25) is 4.79 Å². The van der Waals surface area contributed by atoms with E-state index >= 15 is 0 Å². The highest BCUT2D eigenvalue weighted by atomic mass is 32.1. The summed E-state index contributed by atoms with van der Waals surface area (Å²) in [5.74, 6) is 0.137. The van der Waals surface area contributed by atoms with Gasteiger partial charge in [-0.15, -0.1) is 11.3 Å². The third-order valence-corrected chi connectivity index (χ3v) is 4.22. The maximum atomic E-state index is 11.8. The van der Waals surface area contributed by atoms with Gasteiger partial charge in [0.05, 0.1) is 0 Å². The minimum absolute atomic E-state index is 0.0178. The van der Waals surface area contributed by atoms with E-state index in [1.807, 2.05) is 14.0 Å². The van der Waals surface area contributed by atoms with Gasteiger partial charge >= 0.3 is 0 Å². The molecule has 2 rings (SSSR count). The van der Waals surface area contributed by atoms with Crippen LogP contribution in [0.3, 0.4) is 0 Å². The first-order valence-corrected chi connectivity index (χ1v) is 7.47. The first kappa shape index (κ1) is 14.0. The SMILES string of the molecule is CNCC(C)C(=O)NCCc1csc2ccccc12. The quantitative estimate of drug-likeness (QED) is 0.850. The lowest BCUT2D eigenvalue weighted by Gasteiger charge is -2.11. The lowest BCUT2D eigenvalue weighted by molar-refractivity contribution is -0.124. The number of rotatable bonds is 6. The van der Waals surface area contributed by atoms with Crippen molar-refractivity contribution in [2.24, 2.45) is 5.92 Å². The van der Waals surface area contributed by atoms with Crippen LogP contribution >= 0.6 is 11.3 Å². The van der Waals surface area contributed by atoms with Gasteiger partial charge in [0, 0.05) is 23.7 Å². The zero-order valence-electron chi connectivity index (χ0n) is 11.4. The molecule has 1 atom stereocenters. The average molecular weight is 276 g/mol. The molecule has 0 saturated carbocycles. The van der Waals surface area contributed by atoms with Gasteiger partial charge in [0.15, 0.2) is 0 Å². The first-order valence-electron chi connectivity index (χ1n) is 6.59. The molecule has 1 amide bonds. The van der Waals surface area contributed by atoms with E-state index in [-0.39, 0.29) is 11.8 Å². The molecule has 0 spiro atoms. The second-order valence-corrected chi connectivity index (χ2v) is 5.67. The molecule has 4 heteroatoms. The fourth-order valence-electron chi connectivity index (χ4n) is 2.12. The van der Waals surface area contributed by atoms with E-state index in [9.17, 15) is 4.79 Å². The van der Waals surface area contributed by atoms with Crippen molar-refractivity contribution < 1.29 is 4.79 Å². The monoisotopic (exact) mass is 276 g/mol. The number of carbonyl (C=O) groups excluding carboxylic acids is 1. The van der Waals surface area contributed by atoms with Gasteiger partial charge in [-0.25, -0.2) is 0 Å². The molecule has 0 aliphatic rings. The lowest BCUT2D eigenvalue weighted by Crippen LogP contribution is -2.35. The maximum Gasteiger partial charge on any atom is 0.224 e. The summed E-state index contributed by atoms with van der Waals surface area (Å²) in [5.41, 5.74) is 1.32. The van der Waals surface area contributed by atoms with Crippen LogP contribution in [0, 0.1) is 5.92 Å². The Morgan fingerprint density at radius 1 is 1.37 bits per heavy atom. The van der Waals surface area contributed by atoms with Crippen molar-refractivity contribution in [1.82, 2.24) is 10.6 Å². The maximum absolute atomic E-state index is 11.8. The number of fused-ring (bicyclic) bond motifs is 1. The zero-order chi connectivity index (χ0) is 13.7. The van der Waals surface area contributed by atoms with Gasteiger partial charge in [-0.2, -0.15) is 0 Å². The molecule has 2 N–H and O–H groups in total. The minimum atomic E-state index is 0.0178. The van der Waals surface area contributed by atoms with Crippen LogP contribution in [-0.4, -0.2) is 26.0 Å². The second-order valence-electron chi connectivity index (χ2n) is 4.76. The number of hydrogen-bond acceptors (Lipinski definition) is 3. The summed E-state index contributed by atoms with van der Waals surface area (Å²) in [6.07, 6.45) is 0.891. The van der Waals surface area contributed by atoms with Crippen molar-refractivity contribution in [2.45, 2.75) is 13.3 Å². The molecule has 102 valence electrons. The summed E-state index contributed by atoms with van der Waals surface area (Å²) < 4.78 is 1.31. The summed E-state index contributed by atoms with van der Waals surface area (Å²) in [7, 11) is 1.86. The second kappa shape index (κ2) is 6.68. The third-order valence-electron chi connectivity index (χ3n) is 3.21. The molecule has 0 saturated heterocycles. The highest BCUT2D eigenvalue weighted by Gasteiger charge is 2.11. The Morgan fingerprint density at radius 2 is 2.16 bits per heavy atom. The summed E-state index contributed by atoms with van der Waals surface area (Å²) >= 11 is 1.76. The lowest BCUT2D eigenvalue weighted by atomic mass is 10.1.